The summed E-state index contributed by atoms with van der Waals surface area (Å²) in [5, 5.41) is 16.2. The molecular weight excluding hydrogens is 256 g/mol. The van der Waals surface area contributed by atoms with E-state index >= 15 is 0 Å². The van der Waals surface area contributed by atoms with Gasteiger partial charge in [0.05, 0.1) is 12.7 Å². The third-order valence-electron chi connectivity index (χ3n) is 4.22. The van der Waals surface area contributed by atoms with E-state index in [2.05, 4.69) is 36.0 Å². The molecule has 0 amide bonds. The minimum Gasteiger partial charge on any atom is -0.476 e. The lowest BCUT2D eigenvalue weighted by Gasteiger charge is -2.38. The van der Waals surface area contributed by atoms with E-state index in [1.165, 1.54) is 19.0 Å². The highest BCUT2D eigenvalue weighted by molar-refractivity contribution is 5.84. The Kier molecular flexibility index (Phi) is 4.42. The summed E-state index contributed by atoms with van der Waals surface area (Å²) >= 11 is 0. The van der Waals surface area contributed by atoms with Crippen molar-refractivity contribution in [2.75, 3.05) is 19.6 Å². The predicted octanol–water partition coefficient (Wildman–Crippen LogP) is 1.73. The Morgan fingerprint density at radius 2 is 2.00 bits per heavy atom. The normalized spacial score (nSPS) is 18.4. The van der Waals surface area contributed by atoms with Crippen LogP contribution >= 0.6 is 0 Å². The Morgan fingerprint density at radius 3 is 2.50 bits per heavy atom. The Morgan fingerprint density at radius 1 is 1.35 bits per heavy atom. The molecule has 6 nitrogen and oxygen atoms in total. The van der Waals surface area contributed by atoms with E-state index in [4.69, 9.17) is 5.11 Å². The molecule has 6 heteroatoms. The molecule has 2 rings (SSSR count). The number of hydrogen-bond donors (Lipinski definition) is 1. The highest BCUT2D eigenvalue weighted by Crippen LogP contribution is 2.34. The lowest BCUT2D eigenvalue weighted by Crippen LogP contribution is -2.39. The molecule has 2 heterocycles. The second-order valence-electron chi connectivity index (χ2n) is 6.65. The van der Waals surface area contributed by atoms with Crippen LogP contribution < -0.4 is 0 Å². The fourth-order valence-corrected chi connectivity index (χ4v) is 2.77. The van der Waals surface area contributed by atoms with E-state index in [9.17, 15) is 4.79 Å². The number of rotatable bonds is 4. The van der Waals surface area contributed by atoms with E-state index in [-0.39, 0.29) is 5.69 Å². The highest BCUT2D eigenvalue weighted by atomic mass is 16.4. The van der Waals surface area contributed by atoms with E-state index in [1.807, 2.05) is 0 Å². The summed E-state index contributed by atoms with van der Waals surface area (Å²) in [6.45, 7) is 10.8. The van der Waals surface area contributed by atoms with Crippen molar-refractivity contribution in [3.8, 4) is 0 Å². The van der Waals surface area contributed by atoms with Gasteiger partial charge in [-0.1, -0.05) is 26.0 Å². The molecule has 1 N–H and O–H groups in total. The van der Waals surface area contributed by atoms with Crippen LogP contribution in [0.25, 0.3) is 0 Å². The second-order valence-corrected chi connectivity index (χ2v) is 6.65. The van der Waals surface area contributed by atoms with Crippen LogP contribution in [0.15, 0.2) is 6.20 Å². The first-order valence-electron chi connectivity index (χ1n) is 7.22. The third-order valence-corrected chi connectivity index (χ3v) is 4.22. The molecule has 1 aromatic rings. The van der Waals surface area contributed by atoms with Gasteiger partial charge in [-0.15, -0.1) is 5.10 Å². The Hall–Kier alpha value is -1.43. The number of aromatic carboxylic acids is 1. The van der Waals surface area contributed by atoms with Crippen molar-refractivity contribution >= 4 is 5.97 Å². The van der Waals surface area contributed by atoms with Crippen molar-refractivity contribution in [3.05, 3.63) is 11.9 Å². The number of hydrogen-bond acceptors (Lipinski definition) is 4. The average molecular weight is 280 g/mol. The summed E-state index contributed by atoms with van der Waals surface area (Å²) in [6.07, 6.45) is 3.96. The van der Waals surface area contributed by atoms with E-state index < -0.39 is 5.97 Å². The summed E-state index contributed by atoms with van der Waals surface area (Å²) < 4.78 is 1.61. The molecule has 1 aromatic heterocycles. The van der Waals surface area contributed by atoms with E-state index in [0.717, 1.165) is 25.6 Å². The zero-order valence-electron chi connectivity index (χ0n) is 12.5. The standard InChI is InChI=1S/C14H24N4O2/c1-14(2,3)11-4-6-17(7-5-11)8-9-18-10-12(13(19)20)15-16-18/h10-11H,4-9H2,1-3H3,(H,19,20). The fraction of sp³-hybridized carbons (Fsp3) is 0.786. The van der Waals surface area contributed by atoms with Crippen molar-refractivity contribution in [1.82, 2.24) is 19.9 Å². The van der Waals surface area contributed by atoms with Crippen LogP contribution in [0, 0.1) is 11.3 Å². The van der Waals surface area contributed by atoms with Crippen LogP contribution in [0.5, 0.6) is 0 Å². The molecule has 0 aromatic carbocycles. The highest BCUT2D eigenvalue weighted by Gasteiger charge is 2.28. The van der Waals surface area contributed by atoms with E-state index in [0.29, 0.717) is 12.0 Å². The Bertz CT molecular complexity index is 456. The molecule has 0 radical (unpaired) electrons. The Labute approximate surface area is 119 Å². The minimum atomic E-state index is -1.03. The maximum Gasteiger partial charge on any atom is 0.358 e. The molecule has 112 valence electrons. The molecule has 0 saturated carbocycles. The quantitative estimate of drug-likeness (QED) is 0.909. The van der Waals surface area contributed by atoms with Crippen molar-refractivity contribution in [2.24, 2.45) is 11.3 Å². The van der Waals surface area contributed by atoms with Gasteiger partial charge in [-0.25, -0.2) is 4.79 Å². The van der Waals surface area contributed by atoms with Crippen molar-refractivity contribution in [3.63, 3.8) is 0 Å². The lowest BCUT2D eigenvalue weighted by atomic mass is 9.75. The topological polar surface area (TPSA) is 71.2 Å². The number of aromatic nitrogens is 3. The van der Waals surface area contributed by atoms with Crippen molar-refractivity contribution in [2.45, 2.75) is 40.2 Å². The molecule has 0 bridgehead atoms. The van der Waals surface area contributed by atoms with Crippen LogP contribution in [0.3, 0.4) is 0 Å². The van der Waals surface area contributed by atoms with Gasteiger partial charge in [-0.3, -0.25) is 4.68 Å². The van der Waals surface area contributed by atoms with Crippen LogP contribution in [-0.4, -0.2) is 50.6 Å². The molecule has 1 aliphatic heterocycles. The maximum atomic E-state index is 10.7. The fourth-order valence-electron chi connectivity index (χ4n) is 2.77. The minimum absolute atomic E-state index is 0.0106. The van der Waals surface area contributed by atoms with Crippen molar-refractivity contribution < 1.29 is 9.90 Å². The van der Waals surface area contributed by atoms with E-state index in [1.54, 1.807) is 4.68 Å². The smallest absolute Gasteiger partial charge is 0.358 e. The van der Waals surface area contributed by atoms with Crippen LogP contribution in [0.2, 0.25) is 0 Å². The van der Waals surface area contributed by atoms with Gasteiger partial charge in [-0.2, -0.15) is 0 Å². The van der Waals surface area contributed by atoms with Gasteiger partial charge in [0, 0.05) is 6.54 Å². The SMILES string of the molecule is CC(C)(C)C1CCN(CCn2cc(C(=O)O)nn2)CC1. The monoisotopic (exact) mass is 280 g/mol. The zero-order valence-corrected chi connectivity index (χ0v) is 12.5. The number of carboxylic acids is 1. The van der Waals surface area contributed by atoms with Gasteiger partial charge in [-0.05, 0) is 37.3 Å². The summed E-state index contributed by atoms with van der Waals surface area (Å²) in [6, 6.07) is 0. The number of carboxylic acid groups (broad SMARTS) is 1. The summed E-state index contributed by atoms with van der Waals surface area (Å²) in [5.41, 5.74) is 0.408. The first-order chi connectivity index (χ1) is 9.36. The number of piperidine rings is 1. The molecule has 0 spiro atoms. The van der Waals surface area contributed by atoms with Gasteiger partial charge in [0.25, 0.3) is 0 Å². The first-order valence-corrected chi connectivity index (χ1v) is 7.22. The molecular formula is C14H24N4O2. The third kappa shape index (κ3) is 3.79. The summed E-state index contributed by atoms with van der Waals surface area (Å²) in [4.78, 5) is 13.1. The summed E-state index contributed by atoms with van der Waals surface area (Å²) in [5.74, 6) is -0.231. The molecule has 1 saturated heterocycles. The number of carbonyl (C=O) groups is 1. The zero-order chi connectivity index (χ0) is 14.8. The van der Waals surface area contributed by atoms with Gasteiger partial charge in [0.15, 0.2) is 5.69 Å². The van der Waals surface area contributed by atoms with Crippen LogP contribution in [-0.2, 0) is 6.54 Å². The van der Waals surface area contributed by atoms with Gasteiger partial charge >= 0.3 is 5.97 Å². The second kappa shape index (κ2) is 5.91. The van der Waals surface area contributed by atoms with Crippen molar-refractivity contribution in [1.29, 1.82) is 0 Å². The molecule has 1 fully saturated rings. The molecule has 0 unspecified atom stereocenters. The largest absolute Gasteiger partial charge is 0.476 e. The van der Waals surface area contributed by atoms with Crippen LogP contribution in [0.1, 0.15) is 44.1 Å². The lowest BCUT2D eigenvalue weighted by molar-refractivity contribution is 0.0690. The molecule has 1 aliphatic rings. The summed E-state index contributed by atoms with van der Waals surface area (Å²) in [7, 11) is 0. The molecule has 20 heavy (non-hydrogen) atoms. The van der Waals surface area contributed by atoms with Gasteiger partial charge in [0.2, 0.25) is 0 Å². The van der Waals surface area contributed by atoms with Gasteiger partial charge < -0.3 is 10.0 Å². The number of likely N-dealkylation sites (tertiary alicyclic amines) is 1. The van der Waals surface area contributed by atoms with Crippen LogP contribution in [0.4, 0.5) is 0 Å². The van der Waals surface area contributed by atoms with Gasteiger partial charge in [0.1, 0.15) is 0 Å². The average Bonchev–Trinajstić information content (AvgIpc) is 2.85. The molecule has 0 aliphatic carbocycles. The first kappa shape index (κ1) is 15.0. The maximum absolute atomic E-state index is 10.7. The Balaban J connectivity index is 1.77. The number of nitrogens with zero attached hydrogens (tertiary/aromatic N) is 4. The predicted molar refractivity (Wildman–Crippen MR) is 75.6 cm³/mol. The molecule has 0 atom stereocenters.